The van der Waals surface area contributed by atoms with E-state index >= 15 is 0 Å². The van der Waals surface area contributed by atoms with Crippen LogP contribution in [0.1, 0.15) is 165 Å². The first-order valence-electron chi connectivity index (χ1n) is 12.2. The Balaban J connectivity index is -0.000000136. The molecule has 0 amide bonds. The number of unbranched alkanes of at least 4 members (excludes halogenated alkanes) is 14. The van der Waals surface area contributed by atoms with Gasteiger partial charge in [0.25, 0.3) is 0 Å². The van der Waals surface area contributed by atoms with Crippen molar-refractivity contribution in [2.75, 3.05) is 0 Å². The van der Waals surface area contributed by atoms with Gasteiger partial charge >= 0.3 is 0 Å². The van der Waals surface area contributed by atoms with Gasteiger partial charge in [0.05, 0.1) is 0 Å². The zero-order valence-electron chi connectivity index (χ0n) is 20.0. The number of hydrogen-bond donors (Lipinski definition) is 0. The van der Waals surface area contributed by atoms with Gasteiger partial charge in [-0.05, 0) is 0 Å². The van der Waals surface area contributed by atoms with E-state index in [4.69, 9.17) is 0 Å². The van der Waals surface area contributed by atoms with Gasteiger partial charge in [-0.2, -0.15) is 0 Å². The van der Waals surface area contributed by atoms with Crippen LogP contribution in [-0.2, 0) is 0 Å². The lowest BCUT2D eigenvalue weighted by molar-refractivity contribution is 0.572. The summed E-state index contributed by atoms with van der Waals surface area (Å²) in [4.78, 5) is 0. The first kappa shape index (κ1) is 32.7. The summed E-state index contributed by atoms with van der Waals surface area (Å²) >= 11 is 0. The third-order valence-electron chi connectivity index (χ3n) is 4.12. The SMILES string of the molecule is CC.CCCCC.CCCCCCC.CCCCCCCCCCC. The predicted octanol–water partition coefficient (Wildman–Crippen LogP) is 10.7. The normalized spacial score (nSPS) is 9.12. The Kier molecular flexibility index (Phi) is 57.4. The van der Waals surface area contributed by atoms with E-state index < -0.39 is 0 Å². The lowest BCUT2D eigenvalue weighted by atomic mass is 10.1. The van der Waals surface area contributed by atoms with Gasteiger partial charge in [0.15, 0.2) is 0 Å². The molecule has 0 aliphatic rings. The van der Waals surface area contributed by atoms with E-state index in [-0.39, 0.29) is 0 Å². The summed E-state index contributed by atoms with van der Waals surface area (Å²) in [5.41, 5.74) is 0. The largest absolute Gasteiger partial charge is 0.0683 e. The molecule has 0 unspecified atom stereocenters. The molecule has 0 fully saturated rings. The van der Waals surface area contributed by atoms with Gasteiger partial charge in [-0.1, -0.05) is 165 Å². The van der Waals surface area contributed by atoms with Crippen molar-refractivity contribution in [3.8, 4) is 0 Å². The van der Waals surface area contributed by atoms with Gasteiger partial charge < -0.3 is 0 Å². The fourth-order valence-electron chi connectivity index (χ4n) is 2.41. The summed E-state index contributed by atoms with van der Waals surface area (Å²) in [6.07, 6.45) is 24.0. The maximum atomic E-state index is 2.27. The Bertz CT molecular complexity index is 125. The molecule has 0 aromatic heterocycles. The molecule has 158 valence electrons. The van der Waals surface area contributed by atoms with E-state index in [1.165, 1.54) is 109 Å². The highest BCUT2D eigenvalue weighted by molar-refractivity contribution is 4.44. The Labute approximate surface area is 165 Å². The summed E-state index contributed by atoms with van der Waals surface area (Å²) in [7, 11) is 0. The smallest absolute Gasteiger partial charge is 0.0533 e. The van der Waals surface area contributed by atoms with Gasteiger partial charge in [0, 0.05) is 0 Å². The van der Waals surface area contributed by atoms with Crippen molar-refractivity contribution in [3.63, 3.8) is 0 Å². The Hall–Kier alpha value is 0. The second-order valence-electron chi connectivity index (χ2n) is 6.89. The van der Waals surface area contributed by atoms with E-state index in [2.05, 4.69) is 41.5 Å². The van der Waals surface area contributed by atoms with Gasteiger partial charge in [0.2, 0.25) is 0 Å². The van der Waals surface area contributed by atoms with Crippen LogP contribution in [0.15, 0.2) is 0 Å². The third kappa shape index (κ3) is 59.3. The molecule has 0 radical (unpaired) electrons. The van der Waals surface area contributed by atoms with E-state index in [9.17, 15) is 0 Å². The fraction of sp³-hybridized carbons (Fsp3) is 1.00. The van der Waals surface area contributed by atoms with Crippen molar-refractivity contribution < 1.29 is 0 Å². The van der Waals surface area contributed by atoms with Crippen molar-refractivity contribution in [1.82, 2.24) is 0 Å². The quantitative estimate of drug-likeness (QED) is 0.271. The second kappa shape index (κ2) is 43.9. The molecule has 0 aromatic rings. The first-order chi connectivity index (χ1) is 12.2. The molecule has 0 aliphatic heterocycles. The minimum Gasteiger partial charge on any atom is -0.0683 e. The molecule has 0 bridgehead atoms. The first-order valence-corrected chi connectivity index (χ1v) is 12.2. The minimum absolute atomic E-state index is 1.34. The van der Waals surface area contributed by atoms with E-state index in [1.54, 1.807) is 0 Å². The Morgan fingerprint density at radius 3 is 0.560 bits per heavy atom. The average Bonchev–Trinajstić information content (AvgIpc) is 2.65. The van der Waals surface area contributed by atoms with Crippen LogP contribution >= 0.6 is 0 Å². The van der Waals surface area contributed by atoms with E-state index in [0.717, 1.165) is 0 Å². The number of hydrogen-bond acceptors (Lipinski definition) is 0. The molecule has 0 aromatic carbocycles. The molecule has 25 heavy (non-hydrogen) atoms. The number of rotatable bonds is 14. The highest BCUT2D eigenvalue weighted by atomic mass is 14.0. The van der Waals surface area contributed by atoms with E-state index in [1.807, 2.05) is 13.8 Å². The molecular formula is C25H58. The Morgan fingerprint density at radius 1 is 0.240 bits per heavy atom. The summed E-state index contributed by atoms with van der Waals surface area (Å²) in [5.74, 6) is 0. The molecule has 0 nitrogen and oxygen atoms in total. The lowest BCUT2D eigenvalue weighted by Gasteiger charge is -1.98. The summed E-state index contributed by atoms with van der Waals surface area (Å²) < 4.78 is 0. The monoisotopic (exact) mass is 358 g/mol. The highest BCUT2D eigenvalue weighted by Crippen LogP contribution is 2.08. The molecule has 0 heterocycles. The van der Waals surface area contributed by atoms with Crippen LogP contribution in [0.4, 0.5) is 0 Å². The molecule has 0 saturated heterocycles. The average molecular weight is 359 g/mol. The zero-order valence-corrected chi connectivity index (χ0v) is 20.0. The second-order valence-corrected chi connectivity index (χ2v) is 6.89. The summed E-state index contributed by atoms with van der Waals surface area (Å²) in [5, 5.41) is 0. The van der Waals surface area contributed by atoms with Crippen molar-refractivity contribution in [1.29, 1.82) is 0 Å². The maximum Gasteiger partial charge on any atom is -0.0533 e. The zero-order chi connectivity index (χ0) is 20.0. The van der Waals surface area contributed by atoms with Crippen molar-refractivity contribution in [2.24, 2.45) is 0 Å². The third-order valence-corrected chi connectivity index (χ3v) is 4.12. The molecule has 0 aliphatic carbocycles. The molecule has 0 N–H and O–H groups in total. The lowest BCUT2D eigenvalue weighted by Crippen LogP contribution is -1.79. The molecule has 0 heteroatoms. The van der Waals surface area contributed by atoms with E-state index in [0.29, 0.717) is 0 Å². The summed E-state index contributed by atoms with van der Waals surface area (Å²) in [6, 6.07) is 0. The van der Waals surface area contributed by atoms with Crippen molar-refractivity contribution in [2.45, 2.75) is 165 Å². The van der Waals surface area contributed by atoms with Crippen LogP contribution in [0.3, 0.4) is 0 Å². The van der Waals surface area contributed by atoms with Gasteiger partial charge in [-0.3, -0.25) is 0 Å². The van der Waals surface area contributed by atoms with Crippen LogP contribution in [0.25, 0.3) is 0 Å². The predicted molar refractivity (Wildman–Crippen MR) is 124 cm³/mol. The van der Waals surface area contributed by atoms with Gasteiger partial charge in [-0.15, -0.1) is 0 Å². The Morgan fingerprint density at radius 2 is 0.400 bits per heavy atom. The standard InChI is InChI=1S/C11H24.C7H16.C5H12.C2H6/c1-3-5-7-9-11-10-8-6-4-2;1-3-5-7-6-4-2;1-3-5-4-2;1-2/h3-11H2,1-2H3;3-7H2,1-2H3;3-5H2,1-2H3;1-2H3. The fourth-order valence-corrected chi connectivity index (χ4v) is 2.41. The van der Waals surface area contributed by atoms with Gasteiger partial charge in [-0.25, -0.2) is 0 Å². The summed E-state index contributed by atoms with van der Waals surface area (Å²) in [6.45, 7) is 17.5. The molecular weight excluding hydrogens is 300 g/mol. The molecule has 0 saturated carbocycles. The van der Waals surface area contributed by atoms with Crippen LogP contribution < -0.4 is 0 Å². The molecule has 0 rings (SSSR count). The van der Waals surface area contributed by atoms with Crippen molar-refractivity contribution in [3.05, 3.63) is 0 Å². The minimum atomic E-state index is 1.34. The van der Waals surface area contributed by atoms with Gasteiger partial charge in [0.1, 0.15) is 0 Å². The van der Waals surface area contributed by atoms with Crippen LogP contribution in [0.5, 0.6) is 0 Å². The topological polar surface area (TPSA) is 0 Å². The molecule has 0 spiro atoms. The molecule has 0 atom stereocenters. The van der Waals surface area contributed by atoms with Crippen LogP contribution in [-0.4, -0.2) is 0 Å². The maximum absolute atomic E-state index is 2.27. The van der Waals surface area contributed by atoms with Crippen LogP contribution in [0.2, 0.25) is 0 Å². The van der Waals surface area contributed by atoms with Crippen LogP contribution in [0, 0.1) is 0 Å². The highest BCUT2D eigenvalue weighted by Gasteiger charge is 1.89. The van der Waals surface area contributed by atoms with Crippen molar-refractivity contribution >= 4 is 0 Å².